The molecule has 0 aliphatic carbocycles. The molecule has 0 bridgehead atoms. The van der Waals surface area contributed by atoms with E-state index in [9.17, 15) is 4.79 Å². The summed E-state index contributed by atoms with van der Waals surface area (Å²) in [4.78, 5) is 10.2. The topological polar surface area (TPSA) is 37.3 Å². The second-order valence-electron chi connectivity index (χ2n) is 6.06. The molecule has 1 aromatic rings. The van der Waals surface area contributed by atoms with Crippen LogP contribution < -0.4 is 0 Å². The molecule has 0 amide bonds. The highest BCUT2D eigenvalue weighted by Gasteiger charge is 1.96. The monoisotopic (exact) mass is 306 g/mol. The first-order valence-electron chi connectivity index (χ1n) is 8.82. The van der Waals surface area contributed by atoms with Crippen LogP contribution in [-0.2, 0) is 4.79 Å². The van der Waals surface area contributed by atoms with Gasteiger partial charge in [0, 0.05) is 6.42 Å². The minimum absolute atomic E-state index is 0.343. The number of unbranched alkanes of at least 4 members (excludes halogenated alkanes) is 8. The molecule has 0 atom stereocenters. The number of aryl methyl sites for hydroxylation is 2. The summed E-state index contributed by atoms with van der Waals surface area (Å²) >= 11 is 0. The Morgan fingerprint density at radius 2 is 1.23 bits per heavy atom. The summed E-state index contributed by atoms with van der Waals surface area (Å²) < 4.78 is 0. The molecule has 2 heteroatoms. The minimum Gasteiger partial charge on any atom is -0.481 e. The van der Waals surface area contributed by atoms with Crippen molar-refractivity contribution in [1.29, 1.82) is 0 Å². The van der Waals surface area contributed by atoms with Crippen LogP contribution in [0.1, 0.15) is 82.3 Å². The summed E-state index contributed by atoms with van der Waals surface area (Å²) in [5.74, 6) is -0.659. The molecule has 0 unspecified atom stereocenters. The maximum atomic E-state index is 10.2. The van der Waals surface area contributed by atoms with Crippen molar-refractivity contribution >= 4 is 5.97 Å². The maximum absolute atomic E-state index is 10.2. The molecular formula is C20H34O2. The fourth-order valence-electron chi connectivity index (χ4n) is 2.25. The predicted octanol–water partition coefficient (Wildman–Crippen LogP) is 6.30. The average Bonchev–Trinajstić information content (AvgIpc) is 2.49. The first kappa shape index (κ1) is 20.7. The lowest BCUT2D eigenvalue weighted by molar-refractivity contribution is -0.137. The molecule has 0 aromatic heterocycles. The van der Waals surface area contributed by atoms with Crippen LogP contribution in [0.4, 0.5) is 0 Å². The number of carbonyl (C=O) groups is 1. The lowest BCUT2D eigenvalue weighted by Gasteiger charge is -2.00. The average molecular weight is 306 g/mol. The van der Waals surface area contributed by atoms with Gasteiger partial charge in [-0.05, 0) is 31.4 Å². The predicted molar refractivity (Wildman–Crippen MR) is 95.4 cm³/mol. The van der Waals surface area contributed by atoms with Crippen molar-refractivity contribution in [3.8, 4) is 0 Å². The van der Waals surface area contributed by atoms with Crippen LogP contribution >= 0.6 is 0 Å². The highest BCUT2D eigenvalue weighted by atomic mass is 16.4. The van der Waals surface area contributed by atoms with Crippen molar-refractivity contribution in [2.75, 3.05) is 0 Å². The Morgan fingerprint density at radius 1 is 0.818 bits per heavy atom. The zero-order chi connectivity index (χ0) is 16.6. The summed E-state index contributed by atoms with van der Waals surface area (Å²) in [6.07, 6.45) is 11.5. The van der Waals surface area contributed by atoms with Gasteiger partial charge in [0.25, 0.3) is 0 Å². The summed E-state index contributed by atoms with van der Waals surface area (Å²) in [6, 6.07) is 8.36. The summed E-state index contributed by atoms with van der Waals surface area (Å²) in [5.41, 5.74) is 2.74. The zero-order valence-electron chi connectivity index (χ0n) is 14.7. The molecule has 0 saturated heterocycles. The molecule has 1 N–H and O–H groups in total. The number of rotatable bonds is 10. The Kier molecular flexibility index (Phi) is 13.7. The van der Waals surface area contributed by atoms with E-state index < -0.39 is 5.97 Å². The van der Waals surface area contributed by atoms with E-state index in [1.807, 2.05) is 0 Å². The van der Waals surface area contributed by atoms with E-state index in [2.05, 4.69) is 45.0 Å². The fraction of sp³-hybridized carbons (Fsp3) is 0.650. The lowest BCUT2D eigenvalue weighted by Crippen LogP contribution is -1.93. The van der Waals surface area contributed by atoms with Gasteiger partial charge >= 0.3 is 5.97 Å². The largest absolute Gasteiger partial charge is 0.481 e. The van der Waals surface area contributed by atoms with Crippen molar-refractivity contribution < 1.29 is 9.90 Å². The summed E-state index contributed by atoms with van der Waals surface area (Å²) in [5, 5.41) is 8.41. The number of carboxylic acid groups (broad SMARTS) is 1. The van der Waals surface area contributed by atoms with E-state index in [1.54, 1.807) is 0 Å². The van der Waals surface area contributed by atoms with E-state index in [0.29, 0.717) is 6.42 Å². The molecule has 126 valence electrons. The molecule has 0 spiro atoms. The highest BCUT2D eigenvalue weighted by Crippen LogP contribution is 2.10. The quantitative estimate of drug-likeness (QED) is 0.515. The van der Waals surface area contributed by atoms with Gasteiger partial charge in [0.2, 0.25) is 0 Å². The Balaban J connectivity index is 0.000000461. The SMILES string of the molecule is CCCCCCCCCCCC(=O)O.Cc1ccccc1C. The van der Waals surface area contributed by atoms with E-state index in [4.69, 9.17) is 5.11 Å². The van der Waals surface area contributed by atoms with Crippen LogP contribution in [0.15, 0.2) is 24.3 Å². The molecular weight excluding hydrogens is 272 g/mol. The molecule has 0 aliphatic heterocycles. The van der Waals surface area contributed by atoms with Gasteiger partial charge < -0.3 is 5.11 Å². The number of hydrogen-bond acceptors (Lipinski definition) is 1. The van der Waals surface area contributed by atoms with Crippen LogP contribution in [0.5, 0.6) is 0 Å². The van der Waals surface area contributed by atoms with Gasteiger partial charge in [-0.3, -0.25) is 4.79 Å². The first-order chi connectivity index (χ1) is 10.6. The third-order valence-corrected chi connectivity index (χ3v) is 3.92. The lowest BCUT2D eigenvalue weighted by atomic mass is 10.1. The number of carboxylic acids is 1. The zero-order valence-corrected chi connectivity index (χ0v) is 14.7. The first-order valence-corrected chi connectivity index (χ1v) is 8.82. The smallest absolute Gasteiger partial charge is 0.303 e. The molecule has 22 heavy (non-hydrogen) atoms. The van der Waals surface area contributed by atoms with Crippen molar-refractivity contribution in [1.82, 2.24) is 0 Å². The van der Waals surface area contributed by atoms with Gasteiger partial charge in [0.15, 0.2) is 0 Å². The Labute approximate surface area is 137 Å². The van der Waals surface area contributed by atoms with E-state index in [1.165, 1.54) is 56.1 Å². The molecule has 1 rings (SSSR count). The van der Waals surface area contributed by atoms with Crippen LogP contribution in [0.2, 0.25) is 0 Å². The van der Waals surface area contributed by atoms with Gasteiger partial charge in [-0.15, -0.1) is 0 Å². The Hall–Kier alpha value is -1.31. The Bertz CT molecular complexity index is 364. The summed E-state index contributed by atoms with van der Waals surface area (Å²) in [6.45, 7) is 6.47. The van der Waals surface area contributed by atoms with Crippen LogP contribution in [0, 0.1) is 13.8 Å². The van der Waals surface area contributed by atoms with Crippen LogP contribution in [0.25, 0.3) is 0 Å². The number of benzene rings is 1. The van der Waals surface area contributed by atoms with Crippen molar-refractivity contribution in [2.24, 2.45) is 0 Å². The van der Waals surface area contributed by atoms with Crippen molar-refractivity contribution in [3.63, 3.8) is 0 Å². The molecule has 0 saturated carbocycles. The molecule has 0 heterocycles. The highest BCUT2D eigenvalue weighted by molar-refractivity contribution is 5.66. The molecule has 0 fully saturated rings. The van der Waals surface area contributed by atoms with Crippen molar-refractivity contribution in [2.45, 2.75) is 85.0 Å². The molecule has 0 radical (unpaired) electrons. The molecule has 2 nitrogen and oxygen atoms in total. The van der Waals surface area contributed by atoms with Gasteiger partial charge in [-0.1, -0.05) is 82.6 Å². The van der Waals surface area contributed by atoms with E-state index in [-0.39, 0.29) is 0 Å². The van der Waals surface area contributed by atoms with Crippen LogP contribution in [-0.4, -0.2) is 11.1 Å². The molecule has 1 aromatic carbocycles. The fourth-order valence-corrected chi connectivity index (χ4v) is 2.25. The van der Waals surface area contributed by atoms with E-state index >= 15 is 0 Å². The normalized spacial score (nSPS) is 9.95. The van der Waals surface area contributed by atoms with Gasteiger partial charge in [-0.2, -0.15) is 0 Å². The maximum Gasteiger partial charge on any atom is 0.303 e. The second-order valence-corrected chi connectivity index (χ2v) is 6.06. The van der Waals surface area contributed by atoms with E-state index in [0.717, 1.165) is 12.8 Å². The minimum atomic E-state index is -0.659. The van der Waals surface area contributed by atoms with Gasteiger partial charge in [0.1, 0.15) is 0 Å². The van der Waals surface area contributed by atoms with Gasteiger partial charge in [0.05, 0.1) is 0 Å². The standard InChI is InChI=1S/C12H24O2.C8H10/c1-2-3-4-5-6-7-8-9-10-11-12(13)14;1-7-5-3-4-6-8(7)2/h2-11H2,1H3,(H,13,14);3-6H,1-2H3. The van der Waals surface area contributed by atoms with Crippen LogP contribution in [0.3, 0.4) is 0 Å². The Morgan fingerprint density at radius 3 is 1.59 bits per heavy atom. The third-order valence-electron chi connectivity index (χ3n) is 3.92. The van der Waals surface area contributed by atoms with Crippen molar-refractivity contribution in [3.05, 3.63) is 35.4 Å². The molecule has 0 aliphatic rings. The number of hydrogen-bond donors (Lipinski definition) is 1. The number of aliphatic carboxylic acids is 1. The second kappa shape index (κ2) is 14.6. The summed E-state index contributed by atoms with van der Waals surface area (Å²) in [7, 11) is 0. The van der Waals surface area contributed by atoms with Gasteiger partial charge in [-0.25, -0.2) is 0 Å². The third kappa shape index (κ3) is 13.7.